The average molecular weight is 1650 g/mol. The number of amides is 8. The van der Waals surface area contributed by atoms with Gasteiger partial charge in [-0.3, -0.25) is 103 Å². The minimum absolute atomic E-state index is 0.0362. The van der Waals surface area contributed by atoms with Gasteiger partial charge in [-0.2, -0.15) is 0 Å². The van der Waals surface area contributed by atoms with Crippen LogP contribution in [-0.2, 0) is 60.7 Å². The number of rotatable bonds is 34. The molecule has 32 heteroatoms. The summed E-state index contributed by atoms with van der Waals surface area (Å²) in [5.74, 6) is -2.05. The van der Waals surface area contributed by atoms with Crippen molar-refractivity contribution in [1.29, 1.82) is 0 Å². The van der Waals surface area contributed by atoms with Gasteiger partial charge in [0.05, 0.1) is 78.5 Å². The largest absolute Gasteiger partial charge is 0.496 e. The van der Waals surface area contributed by atoms with Gasteiger partial charge in [0.25, 0.3) is 41.2 Å². The molecule has 0 radical (unpaired) electrons. The molecule has 634 valence electrons. The number of ether oxygens (including phenoxy) is 4. The number of aromatic nitrogens is 4. The number of aliphatic carboxylic acids is 1. The van der Waals surface area contributed by atoms with Crippen LogP contribution in [0.2, 0.25) is 0 Å². The van der Waals surface area contributed by atoms with E-state index in [1.165, 1.54) is 11.0 Å². The van der Waals surface area contributed by atoms with Crippen molar-refractivity contribution in [3.05, 3.63) is 164 Å². The quantitative estimate of drug-likeness (QED) is 0.0112. The number of ketones is 1. The molecule has 14 rings (SSSR count). The maximum Gasteiger partial charge on any atom is 0.309 e. The number of benzene rings is 4. The van der Waals surface area contributed by atoms with Crippen LogP contribution in [0, 0.1) is 11.8 Å². The number of likely N-dealkylation sites (tertiary alicyclic amines) is 2. The van der Waals surface area contributed by atoms with Crippen LogP contribution in [-0.4, -0.2) is 201 Å². The minimum atomic E-state index is -0.988. The molecule has 2 atom stereocenters. The Labute approximate surface area is 693 Å². The van der Waals surface area contributed by atoms with Crippen LogP contribution in [0.15, 0.2) is 120 Å². The molecule has 10 heterocycles. The standard InChI is InChI=1S/C44H50N6O8.C22H23N3O5.C21H28N4O4.CH2O2/c1-48-25-32(29-17-19-45-22-31(29)42(48)54)27-20-37(57-2)33(38(21-27)58-3)26-49-23-28(24-49)36(51)14-9-7-5-4-6-8-10-18-46-34-13-11-12-30-40(34)44(56)50(43(30)55)35-15-16-39(52)47-41(35)53;1-24-11-17(15-4-5-23-8-16(15)21(24)26)13-6-19(29-2)18(20(7-13)30-3)12-25-9-14(10-25)22(27)28;22-12-5-3-1-2-4-6-13-23-15-9-7-8-14-18(15)21(29)25(20(14)28)16-10-11-17(26)24-19(16)27;2-1-3/h11-13,17,19-22,25,28,35,46H,4-10,14-16,18,23-24,26H2,1-3H3,(H,47,52,53);4-8,11,14H,9-10,12H2,1-3H3,(H,27,28);7-9,16,23H,1-6,10-13,22H2,(H,24,26,27);1H,(H,2,3). The molecule has 4 saturated heterocycles. The third-order valence-corrected chi connectivity index (χ3v) is 22.6. The molecular formula is C88H103N13O19. The molecule has 4 aromatic heterocycles. The summed E-state index contributed by atoms with van der Waals surface area (Å²) in [7, 11) is 9.91. The first-order chi connectivity index (χ1) is 58.0. The summed E-state index contributed by atoms with van der Waals surface area (Å²) in [5.41, 5.74) is 12.9. The summed E-state index contributed by atoms with van der Waals surface area (Å²) in [6, 6.07) is 19.7. The number of nitrogens with one attached hydrogen (secondary N) is 4. The van der Waals surface area contributed by atoms with Crippen molar-refractivity contribution in [3.8, 4) is 45.3 Å². The van der Waals surface area contributed by atoms with Gasteiger partial charge in [-0.1, -0.05) is 69.9 Å². The lowest BCUT2D eigenvalue weighted by molar-refractivity contribution is -0.148. The van der Waals surface area contributed by atoms with E-state index >= 15 is 0 Å². The minimum Gasteiger partial charge on any atom is -0.496 e. The predicted octanol–water partition coefficient (Wildman–Crippen LogP) is 8.89. The van der Waals surface area contributed by atoms with Gasteiger partial charge in [0.15, 0.2) is 0 Å². The SMILES string of the molecule is COc1cc(-c2cn(C)c(=O)c3cnccc23)cc(OC)c1CN1CC(C(=O)CCCCCCCCCNc2cccc3c2C(=O)N(C2CCC(=O)NC2=O)C3=O)C1.COc1cc(-c2cn(C)c(=O)c3cnccc23)cc(OC)c1CN1CC(C(=O)O)C1.NCCCCCCCCNc1cccc2c1C(=O)N(C1CCC(=O)NC1=O)C2=O.O=CO. The smallest absolute Gasteiger partial charge is 0.309 e. The third kappa shape index (κ3) is 20.2. The number of unbranched alkanes of at least 4 members (excludes halogenated alkanes) is 11. The molecule has 8 aromatic rings. The molecule has 4 fully saturated rings. The Hall–Kier alpha value is -12.6. The Balaban J connectivity index is 0.000000190. The van der Waals surface area contributed by atoms with Gasteiger partial charge >= 0.3 is 5.97 Å². The van der Waals surface area contributed by atoms with Crippen LogP contribution in [0.1, 0.15) is 168 Å². The molecule has 120 heavy (non-hydrogen) atoms. The number of carbonyl (C=O) groups excluding carboxylic acids is 9. The maximum atomic E-state index is 13.3. The van der Waals surface area contributed by atoms with Crippen molar-refractivity contribution < 1.29 is 81.9 Å². The molecule has 6 aliphatic rings. The Kier molecular flexibility index (Phi) is 30.3. The van der Waals surface area contributed by atoms with Crippen LogP contribution < -0.4 is 57.1 Å². The van der Waals surface area contributed by atoms with Crippen LogP contribution >= 0.6 is 0 Å². The highest BCUT2D eigenvalue weighted by Gasteiger charge is 2.48. The maximum absolute atomic E-state index is 13.3. The van der Waals surface area contributed by atoms with Gasteiger partial charge < -0.3 is 54.7 Å². The number of carboxylic acids is 1. The number of anilines is 2. The van der Waals surface area contributed by atoms with Gasteiger partial charge in [-0.15, -0.1) is 0 Å². The fraction of sp³-hybridized carbons (Fsp3) is 0.420. The second-order valence-corrected chi connectivity index (χ2v) is 30.5. The van der Waals surface area contributed by atoms with Crippen molar-refractivity contribution in [2.45, 2.75) is 141 Å². The number of nitrogens with zero attached hydrogens (tertiary/aromatic N) is 8. The number of carboxylic acid groups (broad SMARTS) is 2. The van der Waals surface area contributed by atoms with Gasteiger partial charge in [-0.25, -0.2) is 0 Å². The van der Waals surface area contributed by atoms with Crippen molar-refractivity contribution in [2.24, 2.45) is 31.7 Å². The second kappa shape index (κ2) is 41.2. The van der Waals surface area contributed by atoms with Crippen LogP contribution in [0.4, 0.5) is 11.4 Å². The molecule has 4 aromatic carbocycles. The zero-order chi connectivity index (χ0) is 85.8. The molecule has 6 aliphatic heterocycles. The van der Waals surface area contributed by atoms with Crippen molar-refractivity contribution in [1.82, 2.24) is 49.3 Å². The molecule has 0 spiro atoms. The Morgan fingerprint density at radius 3 is 1.26 bits per heavy atom. The Morgan fingerprint density at radius 2 is 0.883 bits per heavy atom. The number of aryl methyl sites for hydroxylation is 2. The average Bonchev–Trinajstić information content (AvgIpc) is 1.08. The van der Waals surface area contributed by atoms with Crippen molar-refractivity contribution in [2.75, 3.05) is 84.9 Å². The van der Waals surface area contributed by atoms with Crippen LogP contribution in [0.5, 0.6) is 23.0 Å². The van der Waals surface area contributed by atoms with Gasteiger partial charge in [-0.05, 0) is 128 Å². The highest BCUT2D eigenvalue weighted by Crippen LogP contribution is 2.42. The Bertz CT molecular complexity index is 5270. The number of pyridine rings is 4. The van der Waals surface area contributed by atoms with Crippen molar-refractivity contribution in [3.63, 3.8) is 0 Å². The highest BCUT2D eigenvalue weighted by atomic mass is 16.5. The van der Waals surface area contributed by atoms with Crippen LogP contribution in [0.3, 0.4) is 0 Å². The number of carbonyl (C=O) groups is 11. The summed E-state index contributed by atoms with van der Waals surface area (Å²) in [6.07, 6.45) is 24.8. The van der Waals surface area contributed by atoms with E-state index in [1.54, 1.807) is 114 Å². The molecule has 0 saturated carbocycles. The van der Waals surface area contributed by atoms with E-state index in [0.29, 0.717) is 121 Å². The summed E-state index contributed by atoms with van der Waals surface area (Å²) < 4.78 is 26.1. The summed E-state index contributed by atoms with van der Waals surface area (Å²) in [4.78, 5) is 172. The first-order valence-electron chi connectivity index (χ1n) is 40.5. The number of hydrogen-bond acceptors (Lipinski definition) is 24. The third-order valence-electron chi connectivity index (χ3n) is 22.6. The van der Waals surface area contributed by atoms with Crippen LogP contribution in [0.25, 0.3) is 43.8 Å². The monoisotopic (exact) mass is 1650 g/mol. The fourth-order valence-corrected chi connectivity index (χ4v) is 16.1. The molecule has 32 nitrogen and oxygen atoms in total. The number of imide groups is 4. The van der Waals surface area contributed by atoms with E-state index in [0.717, 1.165) is 138 Å². The lowest BCUT2D eigenvalue weighted by Crippen LogP contribution is -2.54. The topological polar surface area (TPSA) is 422 Å². The molecular weight excluding hydrogens is 1540 g/mol. The number of fused-ring (bicyclic) bond motifs is 4. The van der Waals surface area contributed by atoms with E-state index in [2.05, 4.69) is 36.1 Å². The first kappa shape index (κ1) is 88.3. The first-order valence-corrected chi connectivity index (χ1v) is 40.5. The predicted molar refractivity (Wildman–Crippen MR) is 447 cm³/mol. The highest BCUT2D eigenvalue weighted by molar-refractivity contribution is 6.26. The lowest BCUT2D eigenvalue weighted by Gasteiger charge is -2.39. The molecule has 0 aliphatic carbocycles. The van der Waals surface area contributed by atoms with E-state index in [9.17, 15) is 57.5 Å². The lowest BCUT2D eigenvalue weighted by atomic mass is 9.91. The van der Waals surface area contributed by atoms with Gasteiger partial charge in [0, 0.05) is 151 Å². The van der Waals surface area contributed by atoms with Gasteiger partial charge in [0.1, 0.15) is 40.9 Å². The molecule has 2 unspecified atom stereocenters. The molecule has 0 bridgehead atoms. The summed E-state index contributed by atoms with van der Waals surface area (Å²) >= 11 is 0. The zero-order valence-corrected chi connectivity index (χ0v) is 68.4. The van der Waals surface area contributed by atoms with Gasteiger partial charge in [0.2, 0.25) is 23.6 Å². The van der Waals surface area contributed by atoms with E-state index < -0.39 is 59.4 Å². The number of hydrogen-bond donors (Lipinski definition) is 7. The number of nitrogens with two attached hydrogens (primary N) is 1. The molecule has 8 amide bonds. The van der Waals surface area contributed by atoms with E-state index in [4.69, 9.17) is 39.7 Å². The summed E-state index contributed by atoms with van der Waals surface area (Å²) in [6.45, 7) is 5.37. The van der Waals surface area contributed by atoms with E-state index in [-0.39, 0.29) is 72.1 Å². The summed E-state index contributed by atoms with van der Waals surface area (Å²) in [5, 5.41) is 29.7. The second-order valence-electron chi connectivity index (χ2n) is 30.5. The van der Waals surface area contributed by atoms with Crippen molar-refractivity contribution >= 4 is 98.4 Å². The zero-order valence-electron chi connectivity index (χ0n) is 68.4. The van der Waals surface area contributed by atoms with E-state index in [1.807, 2.05) is 47.5 Å². The molecule has 8 N–H and O–H groups in total. The number of Topliss-reactive ketones (excluding diaryl/α,β-unsaturated/α-hetero) is 1. The Morgan fingerprint density at radius 1 is 0.508 bits per heavy atom. The number of methoxy groups -OCH3 is 4. The normalized spacial score (nSPS) is 16.5. The number of piperidine rings is 2. The fourth-order valence-electron chi connectivity index (χ4n) is 16.1.